The first-order valence-electron chi connectivity index (χ1n) is 7.16. The minimum absolute atomic E-state index is 0. The quantitative estimate of drug-likeness (QED) is 0.915. The number of hydrogen-bond acceptors (Lipinski definition) is 4. The van der Waals surface area contributed by atoms with Gasteiger partial charge in [-0.2, -0.15) is 0 Å². The summed E-state index contributed by atoms with van der Waals surface area (Å²) in [5, 5.41) is 2.61. The molecule has 0 unspecified atom stereocenters. The predicted molar refractivity (Wildman–Crippen MR) is 93.2 cm³/mol. The maximum atomic E-state index is 12.7. The summed E-state index contributed by atoms with van der Waals surface area (Å²) < 4.78 is 0. The summed E-state index contributed by atoms with van der Waals surface area (Å²) in [6.07, 6.45) is 2.03. The molecule has 0 atom stereocenters. The highest BCUT2D eigenvalue weighted by Crippen LogP contribution is 2.32. The van der Waals surface area contributed by atoms with Gasteiger partial charge in [0.15, 0.2) is 0 Å². The molecular formula is C16H20ClN3OS. The number of thiazole rings is 1. The van der Waals surface area contributed by atoms with Crippen LogP contribution in [0.4, 0.5) is 5.69 Å². The van der Waals surface area contributed by atoms with Gasteiger partial charge in [-0.25, -0.2) is 4.98 Å². The van der Waals surface area contributed by atoms with Crippen LogP contribution in [0.3, 0.4) is 0 Å². The minimum atomic E-state index is -0.0168. The summed E-state index contributed by atoms with van der Waals surface area (Å²) in [5.74, 6) is -0.0168. The van der Waals surface area contributed by atoms with Crippen molar-refractivity contribution < 1.29 is 4.79 Å². The third kappa shape index (κ3) is 3.02. The molecule has 0 bridgehead atoms. The molecule has 3 rings (SSSR count). The standard InChI is InChI=1S/C16H19N3OS.ClH/c1-10-6-11(2)12-4-3-5-19(14(12)7-10)16(20)13-9-21-15(8-17)18-13;/h6-7,9H,3-5,8,17H2,1-2H3;1H. The van der Waals surface area contributed by atoms with Gasteiger partial charge in [0.05, 0.1) is 0 Å². The van der Waals surface area contributed by atoms with Gasteiger partial charge in [0.1, 0.15) is 10.7 Å². The molecule has 0 radical (unpaired) electrons. The van der Waals surface area contributed by atoms with Crippen LogP contribution in [-0.2, 0) is 13.0 Å². The lowest BCUT2D eigenvalue weighted by Crippen LogP contribution is -2.36. The number of benzene rings is 1. The van der Waals surface area contributed by atoms with Crippen molar-refractivity contribution in [1.82, 2.24) is 4.98 Å². The molecule has 22 heavy (non-hydrogen) atoms. The van der Waals surface area contributed by atoms with Crippen molar-refractivity contribution >= 4 is 35.3 Å². The molecule has 0 saturated heterocycles. The van der Waals surface area contributed by atoms with Gasteiger partial charge in [0.2, 0.25) is 0 Å². The van der Waals surface area contributed by atoms with Gasteiger partial charge in [-0.05, 0) is 49.4 Å². The lowest BCUT2D eigenvalue weighted by Gasteiger charge is -2.30. The number of carbonyl (C=O) groups excluding carboxylic acids is 1. The number of amides is 1. The number of hydrogen-bond donors (Lipinski definition) is 1. The summed E-state index contributed by atoms with van der Waals surface area (Å²) in [5.41, 5.74) is 10.9. The van der Waals surface area contributed by atoms with E-state index in [-0.39, 0.29) is 18.3 Å². The van der Waals surface area contributed by atoms with Crippen LogP contribution >= 0.6 is 23.7 Å². The van der Waals surface area contributed by atoms with Crippen LogP contribution < -0.4 is 10.6 Å². The summed E-state index contributed by atoms with van der Waals surface area (Å²) in [7, 11) is 0. The van der Waals surface area contributed by atoms with Crippen molar-refractivity contribution in [3.63, 3.8) is 0 Å². The SMILES string of the molecule is Cc1cc(C)c2c(c1)N(C(=O)c1csc(CN)n1)CCC2.Cl. The zero-order valence-corrected chi connectivity index (χ0v) is 14.4. The first-order valence-corrected chi connectivity index (χ1v) is 8.04. The number of rotatable bonds is 2. The van der Waals surface area contributed by atoms with E-state index in [9.17, 15) is 4.79 Å². The van der Waals surface area contributed by atoms with Gasteiger partial charge in [-0.1, -0.05) is 6.07 Å². The normalized spacial score (nSPS) is 13.5. The number of aromatic nitrogens is 1. The summed E-state index contributed by atoms with van der Waals surface area (Å²) in [6.45, 7) is 5.33. The van der Waals surface area contributed by atoms with Gasteiger partial charge < -0.3 is 10.6 Å². The number of fused-ring (bicyclic) bond motifs is 1. The van der Waals surface area contributed by atoms with Gasteiger partial charge in [-0.3, -0.25) is 4.79 Å². The van der Waals surface area contributed by atoms with Crippen LogP contribution in [0.1, 0.15) is 38.6 Å². The Hall–Kier alpha value is -1.43. The van der Waals surface area contributed by atoms with Crippen molar-refractivity contribution in [2.75, 3.05) is 11.4 Å². The topological polar surface area (TPSA) is 59.2 Å². The second kappa shape index (κ2) is 6.77. The monoisotopic (exact) mass is 337 g/mol. The van der Waals surface area contributed by atoms with Gasteiger partial charge in [0.25, 0.3) is 5.91 Å². The first-order chi connectivity index (χ1) is 10.1. The molecule has 1 aromatic carbocycles. The van der Waals surface area contributed by atoms with Crippen molar-refractivity contribution in [2.45, 2.75) is 33.2 Å². The number of carbonyl (C=O) groups is 1. The molecule has 1 aliphatic rings. The molecule has 1 amide bonds. The highest BCUT2D eigenvalue weighted by Gasteiger charge is 2.26. The Kier molecular flexibility index (Phi) is 5.21. The Labute approximate surface area is 140 Å². The molecule has 2 N–H and O–H groups in total. The Balaban J connectivity index is 0.00000176. The average molecular weight is 338 g/mol. The third-order valence-electron chi connectivity index (χ3n) is 3.88. The maximum absolute atomic E-state index is 12.7. The summed E-state index contributed by atoms with van der Waals surface area (Å²) in [4.78, 5) is 18.9. The van der Waals surface area contributed by atoms with E-state index < -0.39 is 0 Å². The van der Waals surface area contributed by atoms with Crippen molar-refractivity contribution in [3.8, 4) is 0 Å². The minimum Gasteiger partial charge on any atom is -0.325 e. The largest absolute Gasteiger partial charge is 0.325 e. The molecular weight excluding hydrogens is 318 g/mol. The second-order valence-electron chi connectivity index (χ2n) is 5.47. The second-order valence-corrected chi connectivity index (χ2v) is 6.41. The van der Waals surface area contributed by atoms with Crippen molar-refractivity contribution in [2.24, 2.45) is 5.73 Å². The fraction of sp³-hybridized carbons (Fsp3) is 0.375. The zero-order chi connectivity index (χ0) is 15.0. The van der Waals surface area contributed by atoms with E-state index in [1.807, 2.05) is 10.3 Å². The molecule has 2 heterocycles. The summed E-state index contributed by atoms with van der Waals surface area (Å²) in [6, 6.07) is 4.29. The Morgan fingerprint density at radius 1 is 1.41 bits per heavy atom. The number of anilines is 1. The van der Waals surface area contributed by atoms with Gasteiger partial charge >= 0.3 is 0 Å². The molecule has 4 nitrogen and oxygen atoms in total. The smallest absolute Gasteiger partial charge is 0.277 e. The van der Waals surface area contributed by atoms with E-state index in [0.717, 1.165) is 30.1 Å². The highest BCUT2D eigenvalue weighted by molar-refractivity contribution is 7.09. The first kappa shape index (κ1) is 16.9. The van der Waals surface area contributed by atoms with E-state index in [4.69, 9.17) is 5.73 Å². The molecule has 1 aromatic heterocycles. The molecule has 1 aliphatic heterocycles. The lowest BCUT2D eigenvalue weighted by molar-refractivity contribution is 0.0981. The molecule has 118 valence electrons. The van der Waals surface area contributed by atoms with Gasteiger partial charge in [0, 0.05) is 24.2 Å². The molecule has 0 aliphatic carbocycles. The Morgan fingerprint density at radius 3 is 2.86 bits per heavy atom. The zero-order valence-electron chi connectivity index (χ0n) is 12.8. The van der Waals surface area contributed by atoms with E-state index in [1.165, 1.54) is 28.0 Å². The Morgan fingerprint density at radius 2 is 2.18 bits per heavy atom. The molecule has 6 heteroatoms. The number of nitrogens with two attached hydrogens (primary N) is 1. The molecule has 2 aromatic rings. The van der Waals surface area contributed by atoms with E-state index in [0.29, 0.717) is 12.2 Å². The third-order valence-corrected chi connectivity index (χ3v) is 4.75. The molecule has 0 saturated carbocycles. The van der Waals surface area contributed by atoms with Crippen molar-refractivity contribution in [1.29, 1.82) is 0 Å². The molecule has 0 spiro atoms. The number of aryl methyl sites for hydroxylation is 2. The number of halogens is 1. The van der Waals surface area contributed by atoms with Crippen LogP contribution in [0.5, 0.6) is 0 Å². The van der Waals surface area contributed by atoms with Crippen LogP contribution in [0.25, 0.3) is 0 Å². The maximum Gasteiger partial charge on any atom is 0.277 e. The van der Waals surface area contributed by atoms with E-state index in [1.54, 1.807) is 0 Å². The highest BCUT2D eigenvalue weighted by atomic mass is 35.5. The van der Waals surface area contributed by atoms with E-state index in [2.05, 4.69) is 31.0 Å². The van der Waals surface area contributed by atoms with Crippen LogP contribution in [-0.4, -0.2) is 17.4 Å². The van der Waals surface area contributed by atoms with Gasteiger partial charge in [-0.15, -0.1) is 23.7 Å². The summed E-state index contributed by atoms with van der Waals surface area (Å²) >= 11 is 1.45. The predicted octanol–water partition coefficient (Wildman–Crippen LogP) is 3.23. The van der Waals surface area contributed by atoms with Crippen molar-refractivity contribution in [3.05, 3.63) is 44.9 Å². The lowest BCUT2D eigenvalue weighted by atomic mass is 9.95. The van der Waals surface area contributed by atoms with E-state index >= 15 is 0 Å². The average Bonchev–Trinajstić information content (AvgIpc) is 2.95. The van der Waals surface area contributed by atoms with Crippen LogP contribution in [0.15, 0.2) is 17.5 Å². The Bertz CT molecular complexity index is 699. The molecule has 0 fully saturated rings. The fourth-order valence-corrected chi connectivity index (χ4v) is 3.58. The number of nitrogens with zero attached hydrogens (tertiary/aromatic N) is 2. The van der Waals surface area contributed by atoms with Crippen LogP contribution in [0, 0.1) is 13.8 Å². The fourth-order valence-electron chi connectivity index (χ4n) is 2.93. The van der Waals surface area contributed by atoms with Crippen LogP contribution in [0.2, 0.25) is 0 Å².